The molecule has 4 rings (SSSR count). The van der Waals surface area contributed by atoms with Crippen molar-refractivity contribution in [1.29, 1.82) is 5.26 Å². The number of anilines is 2. The van der Waals surface area contributed by atoms with Crippen LogP contribution in [0.5, 0.6) is 0 Å². The van der Waals surface area contributed by atoms with E-state index in [2.05, 4.69) is 26.0 Å². The molecule has 31 heavy (non-hydrogen) atoms. The van der Waals surface area contributed by atoms with E-state index in [1.807, 2.05) is 0 Å². The van der Waals surface area contributed by atoms with Crippen LogP contribution in [0.1, 0.15) is 32.1 Å². The summed E-state index contributed by atoms with van der Waals surface area (Å²) < 4.78 is 42.2. The van der Waals surface area contributed by atoms with Crippen LogP contribution < -0.4 is 10.0 Å². The van der Waals surface area contributed by atoms with E-state index in [0.717, 1.165) is 68.7 Å². The Morgan fingerprint density at radius 2 is 2.10 bits per heavy atom. The average Bonchev–Trinajstić information content (AvgIpc) is 3.42. The fourth-order valence-corrected chi connectivity index (χ4v) is 6.56. The third kappa shape index (κ3) is 4.95. The lowest BCUT2D eigenvalue weighted by Crippen LogP contribution is -2.48. The van der Waals surface area contributed by atoms with Gasteiger partial charge in [0, 0.05) is 30.2 Å². The van der Waals surface area contributed by atoms with Gasteiger partial charge in [0.2, 0.25) is 0 Å². The van der Waals surface area contributed by atoms with Gasteiger partial charge in [-0.1, -0.05) is 24.4 Å². The number of hydrogen-bond donors (Lipinski definition) is 2. The van der Waals surface area contributed by atoms with Gasteiger partial charge in [-0.25, -0.2) is 17.8 Å². The molecule has 2 fully saturated rings. The SMILES string of the molecule is N#C[C@@H]1CCN([C@H]2CCCC[C@@H]2Nc2cc(F)c(S(=O)(=O)Nc3nccs3)cc2Cl)C1. The third-order valence-electron chi connectivity index (χ3n) is 5.91. The topological polar surface area (TPSA) is 98.1 Å². The predicted octanol–water partition coefficient (Wildman–Crippen LogP) is 4.30. The van der Waals surface area contributed by atoms with Crippen LogP contribution in [0, 0.1) is 23.1 Å². The van der Waals surface area contributed by atoms with E-state index in [-0.39, 0.29) is 28.2 Å². The number of thiazole rings is 1. The van der Waals surface area contributed by atoms with Crippen molar-refractivity contribution in [3.8, 4) is 6.07 Å². The number of nitriles is 1. The van der Waals surface area contributed by atoms with Crippen LogP contribution >= 0.6 is 22.9 Å². The molecule has 11 heteroatoms. The summed E-state index contributed by atoms with van der Waals surface area (Å²) in [6.07, 6.45) is 6.39. The molecule has 0 amide bonds. The van der Waals surface area contributed by atoms with Crippen LogP contribution in [0.2, 0.25) is 5.02 Å². The van der Waals surface area contributed by atoms with Gasteiger partial charge in [0.25, 0.3) is 10.0 Å². The van der Waals surface area contributed by atoms with Crippen LogP contribution in [0.25, 0.3) is 0 Å². The molecule has 2 aromatic rings. The average molecular weight is 484 g/mol. The number of rotatable bonds is 6. The van der Waals surface area contributed by atoms with Gasteiger partial charge in [0.05, 0.1) is 22.7 Å². The maximum Gasteiger partial charge on any atom is 0.266 e. The molecule has 0 bridgehead atoms. The monoisotopic (exact) mass is 483 g/mol. The Bertz CT molecular complexity index is 1070. The van der Waals surface area contributed by atoms with Gasteiger partial charge >= 0.3 is 0 Å². The molecular weight excluding hydrogens is 461 g/mol. The molecule has 1 aromatic heterocycles. The van der Waals surface area contributed by atoms with Crippen molar-refractivity contribution >= 4 is 43.8 Å². The zero-order chi connectivity index (χ0) is 22.0. The Morgan fingerprint density at radius 1 is 1.29 bits per heavy atom. The molecule has 3 atom stereocenters. The summed E-state index contributed by atoms with van der Waals surface area (Å²) in [6.45, 7) is 1.63. The molecule has 166 valence electrons. The maximum absolute atomic E-state index is 14.8. The van der Waals surface area contributed by atoms with Crippen molar-refractivity contribution in [3.63, 3.8) is 0 Å². The second-order valence-electron chi connectivity index (χ2n) is 7.92. The number of nitrogens with zero attached hydrogens (tertiary/aromatic N) is 3. The number of benzene rings is 1. The number of halogens is 2. The predicted molar refractivity (Wildman–Crippen MR) is 119 cm³/mol. The molecule has 0 radical (unpaired) electrons. The van der Waals surface area contributed by atoms with E-state index >= 15 is 0 Å². The lowest BCUT2D eigenvalue weighted by molar-refractivity contribution is 0.174. The van der Waals surface area contributed by atoms with Crippen LogP contribution in [-0.2, 0) is 10.0 Å². The van der Waals surface area contributed by atoms with Crippen molar-refractivity contribution in [2.75, 3.05) is 23.1 Å². The summed E-state index contributed by atoms with van der Waals surface area (Å²) >= 11 is 7.47. The normalized spacial score (nSPS) is 24.6. The van der Waals surface area contributed by atoms with Crippen molar-refractivity contribution in [2.45, 2.75) is 49.1 Å². The Morgan fingerprint density at radius 3 is 2.81 bits per heavy atom. The summed E-state index contributed by atoms with van der Waals surface area (Å²) in [4.78, 5) is 5.69. The first-order valence-corrected chi connectivity index (χ1v) is 12.9. The standard InChI is InChI=1S/C20H23ClFN5O2S2/c21-14-9-19(31(28,29)26-20-24-6-8-30-20)15(22)10-17(14)25-16-3-1-2-4-18(16)27-7-5-13(11-23)12-27/h6,8-10,13,16,18,25H,1-5,7,12H2,(H,24,26)/t13-,16-,18-/m0/s1. The first-order chi connectivity index (χ1) is 14.9. The highest BCUT2D eigenvalue weighted by molar-refractivity contribution is 7.93. The minimum Gasteiger partial charge on any atom is -0.379 e. The van der Waals surface area contributed by atoms with Gasteiger partial charge in [-0.05, 0) is 37.9 Å². The summed E-state index contributed by atoms with van der Waals surface area (Å²) in [6, 6.07) is 4.92. The van der Waals surface area contributed by atoms with E-state index in [0.29, 0.717) is 5.69 Å². The number of hydrogen-bond acceptors (Lipinski definition) is 7. The highest BCUT2D eigenvalue weighted by Crippen LogP contribution is 2.34. The third-order valence-corrected chi connectivity index (χ3v) is 8.39. The second kappa shape index (κ2) is 9.28. The fraction of sp³-hybridized carbons (Fsp3) is 0.500. The zero-order valence-corrected chi connectivity index (χ0v) is 19.1. The molecular formula is C20H23ClFN5O2S2. The fourth-order valence-electron chi connectivity index (χ4n) is 4.40. The minimum absolute atomic E-state index is 0.0541. The highest BCUT2D eigenvalue weighted by atomic mass is 35.5. The smallest absolute Gasteiger partial charge is 0.266 e. The van der Waals surface area contributed by atoms with E-state index in [9.17, 15) is 18.1 Å². The quantitative estimate of drug-likeness (QED) is 0.635. The summed E-state index contributed by atoms with van der Waals surface area (Å²) in [7, 11) is -4.15. The van der Waals surface area contributed by atoms with E-state index < -0.39 is 20.7 Å². The highest BCUT2D eigenvalue weighted by Gasteiger charge is 2.35. The lowest BCUT2D eigenvalue weighted by atomic mass is 9.89. The van der Waals surface area contributed by atoms with E-state index in [1.54, 1.807) is 5.38 Å². The number of sulfonamides is 1. The molecule has 2 aliphatic rings. The van der Waals surface area contributed by atoms with Gasteiger partial charge < -0.3 is 5.32 Å². The zero-order valence-electron chi connectivity index (χ0n) is 16.7. The van der Waals surface area contributed by atoms with E-state index in [1.165, 1.54) is 6.20 Å². The van der Waals surface area contributed by atoms with Crippen LogP contribution in [0.15, 0.2) is 28.6 Å². The lowest BCUT2D eigenvalue weighted by Gasteiger charge is -2.39. The molecule has 2 heterocycles. The maximum atomic E-state index is 14.8. The Hall–Kier alpha value is -1.93. The van der Waals surface area contributed by atoms with Crippen LogP contribution in [0.3, 0.4) is 0 Å². The minimum atomic E-state index is -4.15. The van der Waals surface area contributed by atoms with Crippen molar-refractivity contribution in [3.05, 3.63) is 34.5 Å². The number of aromatic nitrogens is 1. The summed E-state index contributed by atoms with van der Waals surface area (Å²) in [5.41, 5.74) is 0.375. The van der Waals surface area contributed by atoms with Crippen LogP contribution in [0.4, 0.5) is 15.2 Å². The molecule has 7 nitrogen and oxygen atoms in total. The van der Waals surface area contributed by atoms with Crippen molar-refractivity contribution in [2.24, 2.45) is 5.92 Å². The van der Waals surface area contributed by atoms with Gasteiger partial charge in [-0.15, -0.1) is 11.3 Å². The van der Waals surface area contributed by atoms with Crippen molar-refractivity contribution < 1.29 is 12.8 Å². The molecule has 0 unspecified atom stereocenters. The van der Waals surface area contributed by atoms with Crippen LogP contribution in [-0.4, -0.2) is 43.5 Å². The van der Waals surface area contributed by atoms with Gasteiger partial charge in [-0.2, -0.15) is 5.26 Å². The number of likely N-dealkylation sites (tertiary alicyclic amines) is 1. The van der Waals surface area contributed by atoms with Gasteiger partial charge in [-0.3, -0.25) is 9.62 Å². The summed E-state index contributed by atoms with van der Waals surface area (Å²) in [5, 5.41) is 14.5. The molecule has 1 saturated carbocycles. The van der Waals surface area contributed by atoms with E-state index in [4.69, 9.17) is 11.6 Å². The van der Waals surface area contributed by atoms with Gasteiger partial charge in [0.15, 0.2) is 5.13 Å². The molecule has 1 aliphatic carbocycles. The second-order valence-corrected chi connectivity index (χ2v) is 10.9. The first kappa shape index (κ1) is 22.3. The Balaban J connectivity index is 1.53. The number of nitrogens with one attached hydrogen (secondary N) is 2. The molecule has 1 aromatic carbocycles. The molecule has 2 N–H and O–H groups in total. The van der Waals surface area contributed by atoms with Gasteiger partial charge in [0.1, 0.15) is 10.7 Å². The Labute approximate surface area is 190 Å². The molecule has 1 aliphatic heterocycles. The summed E-state index contributed by atoms with van der Waals surface area (Å²) in [5.74, 6) is -0.826. The molecule has 1 saturated heterocycles. The first-order valence-electron chi connectivity index (χ1n) is 10.2. The molecule has 0 spiro atoms. The van der Waals surface area contributed by atoms with Crippen molar-refractivity contribution in [1.82, 2.24) is 9.88 Å². The largest absolute Gasteiger partial charge is 0.379 e. The Kier molecular flexibility index (Phi) is 6.67.